The predicted octanol–water partition coefficient (Wildman–Crippen LogP) is 7.01. The highest BCUT2D eigenvalue weighted by Crippen LogP contribution is 2.32. The van der Waals surface area contributed by atoms with Crippen LogP contribution in [0.2, 0.25) is 0 Å². The Morgan fingerprint density at radius 2 is 1.15 bits per heavy atom. The van der Waals surface area contributed by atoms with Gasteiger partial charge in [-0.05, 0) is 85.7 Å². The molecule has 4 heterocycles. The first-order valence-electron chi connectivity index (χ1n) is 11.7. The van der Waals surface area contributed by atoms with Gasteiger partial charge in [-0.2, -0.15) is 0 Å². The maximum atomic E-state index is 4.88. The molecule has 0 radical (unpaired) electrons. The summed E-state index contributed by atoms with van der Waals surface area (Å²) in [5.41, 5.74) is 12.5. The summed E-state index contributed by atoms with van der Waals surface area (Å²) in [5, 5.41) is 4.69. The molecule has 0 aliphatic heterocycles. The van der Waals surface area contributed by atoms with Crippen molar-refractivity contribution in [3.63, 3.8) is 0 Å². The van der Waals surface area contributed by atoms with Crippen molar-refractivity contribution in [3.8, 4) is 0 Å². The maximum Gasteiger partial charge on any atom is 0.0967 e. The van der Waals surface area contributed by atoms with E-state index in [1.807, 2.05) is 30.9 Å². The summed E-state index contributed by atoms with van der Waals surface area (Å²) in [4.78, 5) is 19.1. The van der Waals surface area contributed by atoms with E-state index in [2.05, 4.69) is 63.9 Å². The molecule has 0 bridgehead atoms. The minimum atomic E-state index is 0.787. The molecule has 0 saturated heterocycles. The highest BCUT2D eigenvalue weighted by molar-refractivity contribution is 6.07. The number of pyridine rings is 4. The monoisotopic (exact) mass is 442 g/mol. The standard InChI is InChI=1S/C30H26N4/c1-16-13-32-28-24(17(16)2)8-9-25-20(5)22(15-34-29(25)28)11-21-12-26-19(4)18(3)23-7-6-10-31-27(23)30(26)33-14-21/h6-10,12-15H,11H2,1-5H3. The maximum absolute atomic E-state index is 4.88. The normalized spacial score (nSPS) is 11.8. The summed E-state index contributed by atoms with van der Waals surface area (Å²) in [6.45, 7) is 10.8. The van der Waals surface area contributed by atoms with Gasteiger partial charge in [-0.1, -0.05) is 18.2 Å². The van der Waals surface area contributed by atoms with E-state index < -0.39 is 0 Å². The van der Waals surface area contributed by atoms with Crippen molar-refractivity contribution in [3.05, 3.63) is 94.1 Å². The number of hydrogen-bond donors (Lipinski definition) is 0. The highest BCUT2D eigenvalue weighted by Gasteiger charge is 2.14. The Morgan fingerprint density at radius 1 is 0.559 bits per heavy atom. The van der Waals surface area contributed by atoms with E-state index >= 15 is 0 Å². The number of benzene rings is 2. The second-order valence-corrected chi connectivity index (χ2v) is 9.40. The van der Waals surface area contributed by atoms with Crippen LogP contribution in [0.1, 0.15) is 38.9 Å². The van der Waals surface area contributed by atoms with E-state index in [0.717, 1.165) is 33.9 Å². The number of rotatable bonds is 2. The second kappa shape index (κ2) is 7.56. The van der Waals surface area contributed by atoms with Gasteiger partial charge in [-0.15, -0.1) is 0 Å². The van der Waals surface area contributed by atoms with E-state index in [1.165, 1.54) is 55.1 Å². The van der Waals surface area contributed by atoms with Crippen molar-refractivity contribution in [2.75, 3.05) is 0 Å². The van der Waals surface area contributed by atoms with Gasteiger partial charge in [0.2, 0.25) is 0 Å². The molecule has 4 aromatic heterocycles. The summed E-state index contributed by atoms with van der Waals surface area (Å²) in [6.07, 6.45) is 8.58. The van der Waals surface area contributed by atoms with Gasteiger partial charge in [-0.3, -0.25) is 19.9 Å². The Morgan fingerprint density at radius 3 is 1.94 bits per heavy atom. The van der Waals surface area contributed by atoms with E-state index in [1.54, 1.807) is 0 Å². The van der Waals surface area contributed by atoms with Gasteiger partial charge in [-0.25, -0.2) is 0 Å². The zero-order valence-electron chi connectivity index (χ0n) is 20.2. The van der Waals surface area contributed by atoms with Crippen molar-refractivity contribution in [1.29, 1.82) is 0 Å². The zero-order chi connectivity index (χ0) is 23.6. The van der Waals surface area contributed by atoms with E-state index in [9.17, 15) is 0 Å². The Kier molecular flexibility index (Phi) is 4.59. The molecule has 0 aliphatic rings. The number of aryl methyl sites for hydroxylation is 5. The molecule has 6 rings (SSSR count). The lowest BCUT2D eigenvalue weighted by atomic mass is 9.95. The van der Waals surface area contributed by atoms with Gasteiger partial charge in [0.15, 0.2) is 0 Å². The molecule has 4 nitrogen and oxygen atoms in total. The van der Waals surface area contributed by atoms with Crippen molar-refractivity contribution in [2.24, 2.45) is 0 Å². The van der Waals surface area contributed by atoms with Crippen LogP contribution >= 0.6 is 0 Å². The van der Waals surface area contributed by atoms with Crippen LogP contribution in [0.5, 0.6) is 0 Å². The van der Waals surface area contributed by atoms with Crippen molar-refractivity contribution in [1.82, 2.24) is 19.9 Å². The average Bonchev–Trinajstić information content (AvgIpc) is 2.86. The van der Waals surface area contributed by atoms with Crippen molar-refractivity contribution < 1.29 is 0 Å². The van der Waals surface area contributed by atoms with Gasteiger partial charge in [0.25, 0.3) is 0 Å². The van der Waals surface area contributed by atoms with Crippen LogP contribution < -0.4 is 0 Å². The molecule has 0 fully saturated rings. The van der Waals surface area contributed by atoms with Gasteiger partial charge in [0.05, 0.1) is 22.1 Å². The Hall–Kier alpha value is -3.92. The third kappa shape index (κ3) is 2.98. The number of hydrogen-bond acceptors (Lipinski definition) is 4. The summed E-state index contributed by atoms with van der Waals surface area (Å²) < 4.78 is 0. The third-order valence-electron chi connectivity index (χ3n) is 7.51. The molecule has 6 aromatic rings. The minimum Gasteiger partial charge on any atom is -0.254 e. The lowest BCUT2D eigenvalue weighted by Gasteiger charge is -2.14. The van der Waals surface area contributed by atoms with E-state index in [4.69, 9.17) is 15.0 Å². The third-order valence-corrected chi connectivity index (χ3v) is 7.51. The number of fused-ring (bicyclic) bond motifs is 6. The molecule has 0 amide bonds. The second-order valence-electron chi connectivity index (χ2n) is 9.40. The molecule has 34 heavy (non-hydrogen) atoms. The van der Waals surface area contributed by atoms with Crippen LogP contribution in [0.4, 0.5) is 0 Å². The SMILES string of the molecule is Cc1cnc2c(ccc3c(C)c(Cc4cnc5c(c4)c(C)c(C)c4cccnc45)cnc32)c1C. The van der Waals surface area contributed by atoms with Crippen molar-refractivity contribution >= 4 is 43.6 Å². The van der Waals surface area contributed by atoms with Gasteiger partial charge >= 0.3 is 0 Å². The summed E-state index contributed by atoms with van der Waals surface area (Å²) in [6, 6.07) is 10.8. The molecule has 166 valence electrons. The molecular weight excluding hydrogens is 416 g/mol. The molecular formula is C30H26N4. The Labute approximate surface area is 198 Å². The minimum absolute atomic E-state index is 0.787. The lowest BCUT2D eigenvalue weighted by molar-refractivity contribution is 1.12. The summed E-state index contributed by atoms with van der Waals surface area (Å²) in [7, 11) is 0. The average molecular weight is 443 g/mol. The highest BCUT2D eigenvalue weighted by atomic mass is 14.7. The van der Waals surface area contributed by atoms with E-state index in [0.29, 0.717) is 0 Å². The van der Waals surface area contributed by atoms with Gasteiger partial charge < -0.3 is 0 Å². The first kappa shape index (κ1) is 20.7. The van der Waals surface area contributed by atoms with Crippen LogP contribution in [-0.4, -0.2) is 19.9 Å². The molecule has 0 atom stereocenters. The molecule has 2 aromatic carbocycles. The fraction of sp³-hybridized carbons (Fsp3) is 0.200. The van der Waals surface area contributed by atoms with Crippen LogP contribution in [0.25, 0.3) is 43.6 Å². The topological polar surface area (TPSA) is 51.6 Å². The first-order chi connectivity index (χ1) is 16.4. The fourth-order valence-electron chi connectivity index (χ4n) is 5.11. The largest absolute Gasteiger partial charge is 0.254 e. The lowest BCUT2D eigenvalue weighted by Crippen LogP contribution is -1.99. The summed E-state index contributed by atoms with van der Waals surface area (Å²) >= 11 is 0. The Balaban J connectivity index is 1.48. The molecule has 0 unspecified atom stereocenters. The van der Waals surface area contributed by atoms with Crippen LogP contribution in [0.3, 0.4) is 0 Å². The van der Waals surface area contributed by atoms with Gasteiger partial charge in [0, 0.05) is 52.8 Å². The fourth-order valence-corrected chi connectivity index (χ4v) is 5.11. The molecule has 0 saturated carbocycles. The molecule has 0 aliphatic carbocycles. The van der Waals surface area contributed by atoms with Crippen LogP contribution in [0.15, 0.2) is 55.1 Å². The number of nitrogens with zero attached hydrogens (tertiary/aromatic N) is 4. The molecule has 0 N–H and O–H groups in total. The smallest absolute Gasteiger partial charge is 0.0967 e. The van der Waals surface area contributed by atoms with Crippen LogP contribution in [0, 0.1) is 34.6 Å². The predicted molar refractivity (Wildman–Crippen MR) is 141 cm³/mol. The van der Waals surface area contributed by atoms with E-state index in [-0.39, 0.29) is 0 Å². The van der Waals surface area contributed by atoms with Crippen LogP contribution in [-0.2, 0) is 6.42 Å². The quantitative estimate of drug-likeness (QED) is 0.271. The first-order valence-corrected chi connectivity index (χ1v) is 11.7. The molecule has 0 spiro atoms. The Bertz CT molecular complexity index is 1780. The van der Waals surface area contributed by atoms with Crippen molar-refractivity contribution in [2.45, 2.75) is 41.0 Å². The summed E-state index contributed by atoms with van der Waals surface area (Å²) in [5.74, 6) is 0. The molecule has 4 heteroatoms. The zero-order valence-corrected chi connectivity index (χ0v) is 20.2. The van der Waals surface area contributed by atoms with Gasteiger partial charge in [0.1, 0.15) is 0 Å². The number of aromatic nitrogens is 4.